The Morgan fingerprint density at radius 3 is 2.16 bits per heavy atom. The summed E-state index contributed by atoms with van der Waals surface area (Å²) in [6, 6.07) is 16.4. The van der Waals surface area contributed by atoms with Crippen molar-refractivity contribution in [3.63, 3.8) is 0 Å². The van der Waals surface area contributed by atoms with E-state index < -0.39 is 11.9 Å². The number of hydrogen-bond donors (Lipinski definition) is 1. The third kappa shape index (κ3) is 5.03. The van der Waals surface area contributed by atoms with Gasteiger partial charge in [0.15, 0.2) is 0 Å². The van der Waals surface area contributed by atoms with Crippen LogP contribution in [0.2, 0.25) is 0 Å². The number of carbonyl (C=O) groups excluding carboxylic acids is 2. The van der Waals surface area contributed by atoms with E-state index in [4.69, 9.17) is 4.74 Å². The van der Waals surface area contributed by atoms with Crippen molar-refractivity contribution in [1.29, 1.82) is 0 Å². The van der Waals surface area contributed by atoms with Crippen LogP contribution in [0.5, 0.6) is 5.75 Å². The van der Waals surface area contributed by atoms with Gasteiger partial charge in [0.1, 0.15) is 29.7 Å². The summed E-state index contributed by atoms with van der Waals surface area (Å²) < 4.78 is 32.5. The minimum atomic E-state index is -0.538. The average molecular weight is 499 g/mol. The lowest BCUT2D eigenvalue weighted by Gasteiger charge is -2.11. The van der Waals surface area contributed by atoms with Gasteiger partial charge >= 0.3 is 6.03 Å². The van der Waals surface area contributed by atoms with Gasteiger partial charge in [0.05, 0.1) is 11.0 Å². The predicted molar refractivity (Wildman–Crippen MR) is 118 cm³/mol. The molecule has 0 bridgehead atoms. The van der Waals surface area contributed by atoms with Gasteiger partial charge in [-0.1, -0.05) is 30.3 Å². The maximum absolute atomic E-state index is 13.1. The third-order valence-corrected chi connectivity index (χ3v) is 5.41. The van der Waals surface area contributed by atoms with Gasteiger partial charge in [-0.05, 0) is 75.1 Å². The highest BCUT2D eigenvalue weighted by atomic mass is 79.9. The van der Waals surface area contributed by atoms with Gasteiger partial charge in [0, 0.05) is 0 Å². The van der Waals surface area contributed by atoms with Gasteiger partial charge in [0.2, 0.25) is 0 Å². The Morgan fingerprint density at radius 2 is 1.53 bits per heavy atom. The van der Waals surface area contributed by atoms with Gasteiger partial charge in [-0.2, -0.15) is 0 Å². The number of carbonyl (C=O) groups is 2. The number of urea groups is 1. The highest BCUT2D eigenvalue weighted by molar-refractivity contribution is 9.10. The molecule has 4 rings (SSSR count). The highest BCUT2D eigenvalue weighted by Gasteiger charge is 2.33. The first kappa shape index (κ1) is 21.7. The van der Waals surface area contributed by atoms with Crippen molar-refractivity contribution in [3.05, 3.63) is 105 Å². The lowest BCUT2D eigenvalue weighted by molar-refractivity contribution is -0.123. The zero-order valence-corrected chi connectivity index (χ0v) is 18.2. The summed E-state index contributed by atoms with van der Waals surface area (Å²) in [5.41, 5.74) is 2.29. The molecule has 162 valence electrons. The van der Waals surface area contributed by atoms with Crippen LogP contribution in [0.25, 0.3) is 6.08 Å². The van der Waals surface area contributed by atoms with Crippen LogP contribution >= 0.6 is 15.9 Å². The van der Waals surface area contributed by atoms with Crippen molar-refractivity contribution < 1.29 is 23.1 Å². The second-order valence-electron chi connectivity index (χ2n) is 7.11. The summed E-state index contributed by atoms with van der Waals surface area (Å²) in [7, 11) is 0. The molecule has 3 amide bonds. The number of halogens is 3. The lowest BCUT2D eigenvalue weighted by Crippen LogP contribution is -2.30. The van der Waals surface area contributed by atoms with Crippen molar-refractivity contribution >= 4 is 33.9 Å². The van der Waals surface area contributed by atoms with Gasteiger partial charge < -0.3 is 10.1 Å². The molecular weight excluding hydrogens is 482 g/mol. The number of nitrogens with zero attached hydrogens (tertiary/aromatic N) is 1. The number of rotatable bonds is 6. The van der Waals surface area contributed by atoms with Crippen LogP contribution in [-0.2, 0) is 17.9 Å². The predicted octanol–water partition coefficient (Wildman–Crippen LogP) is 5.40. The van der Waals surface area contributed by atoms with E-state index in [1.165, 1.54) is 36.4 Å². The van der Waals surface area contributed by atoms with Gasteiger partial charge in [-0.3, -0.25) is 9.69 Å². The Bertz CT molecular complexity index is 1190. The van der Waals surface area contributed by atoms with E-state index >= 15 is 0 Å². The Hall–Kier alpha value is -3.52. The van der Waals surface area contributed by atoms with Crippen LogP contribution in [0.3, 0.4) is 0 Å². The maximum Gasteiger partial charge on any atom is 0.329 e. The molecule has 0 aromatic heterocycles. The van der Waals surface area contributed by atoms with Crippen molar-refractivity contribution in [1.82, 2.24) is 10.2 Å². The van der Waals surface area contributed by atoms with E-state index in [2.05, 4.69) is 21.2 Å². The zero-order valence-electron chi connectivity index (χ0n) is 16.6. The molecule has 1 saturated heterocycles. The molecule has 0 aliphatic carbocycles. The molecule has 0 unspecified atom stereocenters. The van der Waals surface area contributed by atoms with Crippen LogP contribution < -0.4 is 10.1 Å². The number of nitrogens with one attached hydrogen (secondary N) is 1. The minimum Gasteiger partial charge on any atom is -0.488 e. The number of amides is 3. The smallest absolute Gasteiger partial charge is 0.329 e. The Balaban J connectivity index is 1.44. The SMILES string of the molecule is O=C1N/C(=C/c2ccc(OCc3ccc(F)cc3)c(Br)c2)C(=O)N1Cc1ccc(F)cc1. The van der Waals surface area contributed by atoms with Crippen LogP contribution in [-0.4, -0.2) is 16.8 Å². The van der Waals surface area contributed by atoms with E-state index in [0.29, 0.717) is 21.3 Å². The zero-order chi connectivity index (χ0) is 22.7. The summed E-state index contributed by atoms with van der Waals surface area (Å²) >= 11 is 3.44. The summed E-state index contributed by atoms with van der Waals surface area (Å²) in [6.07, 6.45) is 1.57. The number of imide groups is 1. The molecule has 1 aliphatic rings. The number of hydrogen-bond acceptors (Lipinski definition) is 3. The van der Waals surface area contributed by atoms with Crippen LogP contribution in [0.15, 0.2) is 76.9 Å². The van der Waals surface area contributed by atoms with Crippen molar-refractivity contribution in [2.24, 2.45) is 0 Å². The molecular formula is C24H17BrF2N2O3. The molecule has 1 fully saturated rings. The molecule has 1 aliphatic heterocycles. The summed E-state index contributed by atoms with van der Waals surface area (Å²) in [4.78, 5) is 26.0. The summed E-state index contributed by atoms with van der Waals surface area (Å²) in [5.74, 6) is -0.581. The standard InChI is InChI=1S/C24H17BrF2N2O3/c25-20-11-17(5-10-22(20)32-14-16-3-8-19(27)9-4-16)12-21-23(30)29(24(31)28-21)13-15-1-6-18(26)7-2-15/h1-12H,13-14H2,(H,28,31)/b21-12+. The molecule has 0 atom stereocenters. The number of benzene rings is 3. The molecule has 5 nitrogen and oxygen atoms in total. The molecule has 3 aromatic rings. The summed E-state index contributed by atoms with van der Waals surface area (Å²) in [5, 5.41) is 2.57. The average Bonchev–Trinajstić information content (AvgIpc) is 3.03. The first-order valence-electron chi connectivity index (χ1n) is 9.65. The monoisotopic (exact) mass is 498 g/mol. The van der Waals surface area contributed by atoms with Crippen LogP contribution in [0.4, 0.5) is 13.6 Å². The molecule has 8 heteroatoms. The second kappa shape index (κ2) is 9.32. The van der Waals surface area contributed by atoms with E-state index in [0.717, 1.165) is 10.5 Å². The molecule has 1 heterocycles. The molecule has 3 aromatic carbocycles. The minimum absolute atomic E-state index is 0.0438. The first-order valence-corrected chi connectivity index (χ1v) is 10.4. The molecule has 32 heavy (non-hydrogen) atoms. The third-order valence-electron chi connectivity index (χ3n) is 4.79. The van der Waals surface area contributed by atoms with Crippen molar-refractivity contribution in [2.45, 2.75) is 13.2 Å². The highest BCUT2D eigenvalue weighted by Crippen LogP contribution is 2.28. The fraction of sp³-hybridized carbons (Fsp3) is 0.0833. The van der Waals surface area contributed by atoms with E-state index in [1.807, 2.05) is 0 Å². The fourth-order valence-electron chi connectivity index (χ4n) is 3.12. The van der Waals surface area contributed by atoms with Gasteiger partial charge in [-0.25, -0.2) is 13.6 Å². The Kier molecular flexibility index (Phi) is 6.32. The normalized spacial score (nSPS) is 14.7. The Labute approximate surface area is 191 Å². The number of ether oxygens (including phenoxy) is 1. The molecule has 0 spiro atoms. The van der Waals surface area contributed by atoms with Crippen LogP contribution in [0, 0.1) is 11.6 Å². The van der Waals surface area contributed by atoms with Crippen molar-refractivity contribution in [2.75, 3.05) is 0 Å². The van der Waals surface area contributed by atoms with E-state index in [-0.39, 0.29) is 30.5 Å². The topological polar surface area (TPSA) is 58.6 Å². The van der Waals surface area contributed by atoms with Crippen LogP contribution in [0.1, 0.15) is 16.7 Å². The van der Waals surface area contributed by atoms with E-state index in [9.17, 15) is 18.4 Å². The van der Waals surface area contributed by atoms with E-state index in [1.54, 1.807) is 36.4 Å². The lowest BCUT2D eigenvalue weighted by atomic mass is 10.1. The largest absolute Gasteiger partial charge is 0.488 e. The van der Waals surface area contributed by atoms with Crippen molar-refractivity contribution in [3.8, 4) is 5.75 Å². The quantitative estimate of drug-likeness (QED) is 0.365. The summed E-state index contributed by atoms with van der Waals surface area (Å²) in [6.45, 7) is 0.314. The Morgan fingerprint density at radius 1 is 0.906 bits per heavy atom. The van der Waals surface area contributed by atoms with Gasteiger partial charge in [-0.15, -0.1) is 0 Å². The molecule has 1 N–H and O–H groups in total. The maximum atomic E-state index is 13.1. The van der Waals surface area contributed by atoms with Gasteiger partial charge in [0.25, 0.3) is 5.91 Å². The second-order valence-corrected chi connectivity index (χ2v) is 7.97. The molecule has 0 radical (unpaired) electrons. The molecule has 0 saturated carbocycles. The fourth-order valence-corrected chi connectivity index (χ4v) is 3.63. The first-order chi connectivity index (χ1) is 15.4.